The Morgan fingerprint density at radius 1 is 1.00 bits per heavy atom. The van der Waals surface area contributed by atoms with Gasteiger partial charge in [-0.25, -0.2) is 13.2 Å². The fourth-order valence-electron chi connectivity index (χ4n) is 1.54. The van der Waals surface area contributed by atoms with Gasteiger partial charge in [0.1, 0.15) is 17.5 Å². The van der Waals surface area contributed by atoms with Gasteiger partial charge in [0, 0.05) is 18.3 Å². The van der Waals surface area contributed by atoms with E-state index < -0.39 is 17.5 Å². The molecule has 0 aliphatic rings. The minimum absolute atomic E-state index is 0.00174. The molecule has 0 saturated carbocycles. The normalized spacial score (nSPS) is 10.4. The molecule has 5 heteroatoms. The van der Waals surface area contributed by atoms with Crippen LogP contribution in [0, 0.1) is 17.5 Å². The summed E-state index contributed by atoms with van der Waals surface area (Å²) in [6, 6.07) is 7.47. The fourth-order valence-corrected chi connectivity index (χ4v) is 1.73. The Morgan fingerprint density at radius 3 is 2.33 bits per heavy atom. The van der Waals surface area contributed by atoms with Crippen LogP contribution >= 0.6 is 11.6 Å². The van der Waals surface area contributed by atoms with Gasteiger partial charge in [-0.2, -0.15) is 0 Å². The molecule has 0 atom stereocenters. The van der Waals surface area contributed by atoms with Gasteiger partial charge in [0.25, 0.3) is 0 Å². The first kappa shape index (κ1) is 12.8. The van der Waals surface area contributed by atoms with Gasteiger partial charge >= 0.3 is 0 Å². The smallest absolute Gasteiger partial charge is 0.142 e. The molecule has 0 aliphatic carbocycles. The molecule has 2 rings (SSSR count). The highest BCUT2D eigenvalue weighted by atomic mass is 35.5. The maximum atomic E-state index is 13.2. The standard InChI is InChI=1S/C13H9ClF3N/c14-13-8(2-1-3-12(13)17)7-18-11-5-9(15)4-10(16)6-11/h1-6,18H,7H2. The maximum Gasteiger partial charge on any atom is 0.142 e. The van der Waals surface area contributed by atoms with E-state index in [4.69, 9.17) is 11.6 Å². The van der Waals surface area contributed by atoms with Crippen molar-refractivity contribution in [1.82, 2.24) is 0 Å². The van der Waals surface area contributed by atoms with E-state index in [1.54, 1.807) is 6.07 Å². The summed E-state index contributed by atoms with van der Waals surface area (Å²) in [4.78, 5) is 0. The molecule has 1 N–H and O–H groups in total. The monoisotopic (exact) mass is 271 g/mol. The number of hydrogen-bond acceptors (Lipinski definition) is 1. The third kappa shape index (κ3) is 2.96. The molecular weight excluding hydrogens is 263 g/mol. The molecule has 2 aromatic rings. The summed E-state index contributed by atoms with van der Waals surface area (Å²) in [6.45, 7) is 0.180. The van der Waals surface area contributed by atoms with E-state index >= 15 is 0 Å². The minimum atomic E-state index is -0.678. The molecule has 0 aromatic heterocycles. The van der Waals surface area contributed by atoms with E-state index in [-0.39, 0.29) is 17.3 Å². The highest BCUT2D eigenvalue weighted by molar-refractivity contribution is 6.31. The minimum Gasteiger partial charge on any atom is -0.381 e. The Bertz CT molecular complexity index is 552. The third-order valence-electron chi connectivity index (χ3n) is 2.38. The summed E-state index contributed by atoms with van der Waals surface area (Å²) in [5.74, 6) is -1.88. The van der Waals surface area contributed by atoms with Crippen LogP contribution in [0.25, 0.3) is 0 Å². The highest BCUT2D eigenvalue weighted by Gasteiger charge is 2.06. The fraction of sp³-hybridized carbons (Fsp3) is 0.0769. The second-order valence-corrected chi connectivity index (χ2v) is 4.10. The summed E-state index contributed by atoms with van der Waals surface area (Å²) in [7, 11) is 0. The second-order valence-electron chi connectivity index (χ2n) is 3.72. The zero-order valence-corrected chi connectivity index (χ0v) is 9.94. The number of benzene rings is 2. The number of rotatable bonds is 3. The number of nitrogens with one attached hydrogen (secondary N) is 1. The molecule has 0 heterocycles. The quantitative estimate of drug-likeness (QED) is 0.874. The molecule has 0 bridgehead atoms. The van der Waals surface area contributed by atoms with Crippen molar-refractivity contribution in [3.8, 4) is 0 Å². The summed E-state index contributed by atoms with van der Waals surface area (Å²) in [5, 5.41) is 2.78. The average Bonchev–Trinajstić information content (AvgIpc) is 2.30. The van der Waals surface area contributed by atoms with Gasteiger partial charge < -0.3 is 5.32 Å². The molecule has 94 valence electrons. The lowest BCUT2D eigenvalue weighted by Crippen LogP contribution is -2.01. The van der Waals surface area contributed by atoms with Crippen molar-refractivity contribution in [2.75, 3.05) is 5.32 Å². The first-order valence-corrected chi connectivity index (χ1v) is 5.57. The average molecular weight is 272 g/mol. The second kappa shape index (κ2) is 5.31. The van der Waals surface area contributed by atoms with Crippen molar-refractivity contribution in [3.63, 3.8) is 0 Å². The van der Waals surface area contributed by atoms with Crippen LogP contribution in [0.2, 0.25) is 5.02 Å². The van der Waals surface area contributed by atoms with Gasteiger partial charge in [-0.15, -0.1) is 0 Å². The molecule has 0 amide bonds. The summed E-state index contributed by atoms with van der Waals surface area (Å²) < 4.78 is 39.0. The molecule has 0 unspecified atom stereocenters. The summed E-state index contributed by atoms with van der Waals surface area (Å²) in [5.41, 5.74) is 0.786. The lowest BCUT2D eigenvalue weighted by atomic mass is 10.2. The van der Waals surface area contributed by atoms with E-state index in [0.29, 0.717) is 5.56 Å². The van der Waals surface area contributed by atoms with Crippen molar-refractivity contribution in [2.24, 2.45) is 0 Å². The van der Waals surface area contributed by atoms with Gasteiger partial charge in [0.15, 0.2) is 0 Å². The van der Waals surface area contributed by atoms with Crippen molar-refractivity contribution >= 4 is 17.3 Å². The zero-order chi connectivity index (χ0) is 13.1. The molecule has 18 heavy (non-hydrogen) atoms. The number of hydrogen-bond donors (Lipinski definition) is 1. The van der Waals surface area contributed by atoms with E-state index in [9.17, 15) is 13.2 Å². The Hall–Kier alpha value is -1.68. The largest absolute Gasteiger partial charge is 0.381 e. The predicted octanol–water partition coefficient (Wildman–Crippen LogP) is 4.37. The van der Waals surface area contributed by atoms with Crippen LogP contribution in [0.5, 0.6) is 0 Å². The van der Waals surface area contributed by atoms with E-state index in [1.165, 1.54) is 12.1 Å². The molecule has 0 aliphatic heterocycles. The van der Waals surface area contributed by atoms with Crippen LogP contribution in [-0.2, 0) is 6.54 Å². The maximum absolute atomic E-state index is 13.2. The molecule has 0 fully saturated rings. The van der Waals surface area contributed by atoms with Crippen LogP contribution in [-0.4, -0.2) is 0 Å². The lowest BCUT2D eigenvalue weighted by Gasteiger charge is -2.08. The molecule has 2 aromatic carbocycles. The van der Waals surface area contributed by atoms with Crippen LogP contribution in [0.3, 0.4) is 0 Å². The first-order chi connectivity index (χ1) is 8.56. The predicted molar refractivity (Wildman–Crippen MR) is 65.1 cm³/mol. The first-order valence-electron chi connectivity index (χ1n) is 5.19. The summed E-state index contributed by atoms with van der Waals surface area (Å²) >= 11 is 5.76. The van der Waals surface area contributed by atoms with E-state index in [2.05, 4.69) is 5.32 Å². The molecule has 0 saturated heterocycles. The van der Waals surface area contributed by atoms with Crippen LogP contribution in [0.15, 0.2) is 36.4 Å². The van der Waals surface area contributed by atoms with E-state index in [1.807, 2.05) is 0 Å². The highest BCUT2D eigenvalue weighted by Crippen LogP contribution is 2.21. The lowest BCUT2D eigenvalue weighted by molar-refractivity contribution is 0.584. The van der Waals surface area contributed by atoms with Gasteiger partial charge in [-0.1, -0.05) is 23.7 Å². The van der Waals surface area contributed by atoms with E-state index in [0.717, 1.165) is 18.2 Å². The number of anilines is 1. The zero-order valence-electron chi connectivity index (χ0n) is 9.18. The number of halogens is 4. The van der Waals surface area contributed by atoms with Crippen LogP contribution in [0.4, 0.5) is 18.9 Å². The molecular formula is C13H9ClF3N. The van der Waals surface area contributed by atoms with Crippen molar-refractivity contribution in [1.29, 1.82) is 0 Å². The van der Waals surface area contributed by atoms with Gasteiger partial charge in [0.2, 0.25) is 0 Å². The van der Waals surface area contributed by atoms with Gasteiger partial charge in [0.05, 0.1) is 5.02 Å². The van der Waals surface area contributed by atoms with Crippen LogP contribution < -0.4 is 5.32 Å². The van der Waals surface area contributed by atoms with Crippen molar-refractivity contribution in [2.45, 2.75) is 6.54 Å². The van der Waals surface area contributed by atoms with Crippen molar-refractivity contribution in [3.05, 3.63) is 64.4 Å². The Labute approximate surface area is 107 Å². The molecule has 1 nitrogen and oxygen atoms in total. The Balaban J connectivity index is 2.14. The Kier molecular flexibility index (Phi) is 3.77. The SMILES string of the molecule is Fc1cc(F)cc(NCc2cccc(F)c2Cl)c1. The van der Waals surface area contributed by atoms with Crippen molar-refractivity contribution < 1.29 is 13.2 Å². The van der Waals surface area contributed by atoms with Gasteiger partial charge in [-0.05, 0) is 23.8 Å². The Morgan fingerprint density at radius 2 is 1.67 bits per heavy atom. The molecule has 0 spiro atoms. The summed E-state index contributed by atoms with van der Waals surface area (Å²) in [6.07, 6.45) is 0. The van der Waals surface area contributed by atoms with Gasteiger partial charge in [-0.3, -0.25) is 0 Å². The third-order valence-corrected chi connectivity index (χ3v) is 2.80. The van der Waals surface area contributed by atoms with Crippen LogP contribution in [0.1, 0.15) is 5.56 Å². The molecule has 0 radical (unpaired) electrons. The topological polar surface area (TPSA) is 12.0 Å².